The number of likely N-dealkylation sites (tertiary alicyclic amines) is 2. The van der Waals surface area contributed by atoms with Crippen molar-refractivity contribution in [3.05, 3.63) is 12.7 Å². The van der Waals surface area contributed by atoms with Crippen LogP contribution in [0.25, 0.3) is 0 Å². The average Bonchev–Trinajstić information content (AvgIpc) is 3.16. The molecule has 0 spiro atoms. The number of hydrogen-bond donors (Lipinski definition) is 0. The fourth-order valence-electron chi connectivity index (χ4n) is 4.28. The van der Waals surface area contributed by atoms with Gasteiger partial charge in [0, 0.05) is 9.52 Å². The molecule has 2 saturated heterocycles. The van der Waals surface area contributed by atoms with Gasteiger partial charge in [0.15, 0.2) is 0 Å². The van der Waals surface area contributed by atoms with Gasteiger partial charge >= 0.3 is 0 Å². The van der Waals surface area contributed by atoms with Crippen LogP contribution in [0.4, 0.5) is 0 Å². The van der Waals surface area contributed by atoms with Crippen LogP contribution in [0.3, 0.4) is 0 Å². The van der Waals surface area contributed by atoms with Crippen molar-refractivity contribution in [2.24, 2.45) is 0 Å². The molecule has 0 unspecified atom stereocenters. The predicted molar refractivity (Wildman–Crippen MR) is 92.2 cm³/mol. The van der Waals surface area contributed by atoms with Gasteiger partial charge in [0.05, 0.1) is 5.66 Å². The minimum absolute atomic E-state index is 0.137. The molecule has 2 rings (SSSR count). The summed E-state index contributed by atoms with van der Waals surface area (Å²) in [5.41, 5.74) is 0.412. The topological polar surface area (TPSA) is 6.48 Å². The van der Waals surface area contributed by atoms with Gasteiger partial charge < -0.3 is 0 Å². The Labute approximate surface area is 128 Å². The predicted octanol–water partition coefficient (Wildman–Crippen LogP) is 3.26. The lowest BCUT2D eigenvalue weighted by molar-refractivity contribution is -0.0447. The zero-order valence-corrected chi connectivity index (χ0v) is 15.0. The Hall–Kier alpha value is -0.123. The molecule has 0 aliphatic carbocycles. The molecule has 0 bridgehead atoms. The van der Waals surface area contributed by atoms with Crippen LogP contribution in [0.5, 0.6) is 0 Å². The summed E-state index contributed by atoms with van der Waals surface area (Å²) >= 11 is 0. The maximum Gasteiger partial charge on any atom is 0.0734 e. The van der Waals surface area contributed by atoms with Gasteiger partial charge in [-0.15, -0.1) is 6.58 Å². The first kappa shape index (κ1) is 16.3. The summed E-state index contributed by atoms with van der Waals surface area (Å²) < 4.78 is 0. The molecule has 0 N–H and O–H groups in total. The number of hydrogen-bond acceptors (Lipinski definition) is 2. The Morgan fingerprint density at radius 2 is 1.60 bits per heavy atom. The molecule has 2 aliphatic rings. The van der Waals surface area contributed by atoms with Crippen molar-refractivity contribution < 1.29 is 0 Å². The second-order valence-corrected chi connectivity index (χ2v) is 8.60. The molecule has 2 aliphatic heterocycles. The van der Waals surface area contributed by atoms with Crippen LogP contribution in [-0.2, 0) is 0 Å². The third-order valence-corrected chi connectivity index (χ3v) is 7.26. The minimum Gasteiger partial charge on any atom is -0.285 e. The molecular formula is C17H34N2Si. The monoisotopic (exact) mass is 294 g/mol. The molecule has 0 aromatic heterocycles. The lowest BCUT2D eigenvalue weighted by Gasteiger charge is -2.48. The molecule has 0 aromatic carbocycles. The van der Waals surface area contributed by atoms with Crippen molar-refractivity contribution in [2.75, 3.05) is 26.2 Å². The Kier molecular flexibility index (Phi) is 6.79. The van der Waals surface area contributed by atoms with Gasteiger partial charge in [-0.3, -0.25) is 9.80 Å². The summed E-state index contributed by atoms with van der Waals surface area (Å²) in [5.74, 6) is 0. The van der Waals surface area contributed by atoms with Crippen molar-refractivity contribution in [3.8, 4) is 0 Å². The number of rotatable bonds is 9. The highest BCUT2D eigenvalue weighted by Crippen LogP contribution is 2.35. The van der Waals surface area contributed by atoms with Crippen LogP contribution in [-0.4, -0.2) is 51.2 Å². The molecule has 0 aromatic rings. The maximum atomic E-state index is 3.87. The summed E-state index contributed by atoms with van der Waals surface area (Å²) in [4.78, 5) is 5.68. The number of allylic oxidation sites excluding steroid dienone is 1. The maximum absolute atomic E-state index is 3.87. The van der Waals surface area contributed by atoms with E-state index in [9.17, 15) is 0 Å². The summed E-state index contributed by atoms with van der Waals surface area (Å²) in [7, 11) is 0.137. The van der Waals surface area contributed by atoms with Crippen molar-refractivity contribution in [3.63, 3.8) is 0 Å². The molecule has 0 saturated carbocycles. The minimum atomic E-state index is 0.137. The molecule has 20 heavy (non-hydrogen) atoms. The molecule has 2 nitrogen and oxygen atoms in total. The molecular weight excluding hydrogens is 260 g/mol. The smallest absolute Gasteiger partial charge is 0.0734 e. The largest absolute Gasteiger partial charge is 0.285 e. The summed E-state index contributed by atoms with van der Waals surface area (Å²) in [6, 6.07) is 2.84. The quantitative estimate of drug-likeness (QED) is 0.366. The van der Waals surface area contributed by atoms with Crippen LogP contribution in [0.1, 0.15) is 51.9 Å². The zero-order chi connectivity index (χ0) is 14.3. The second kappa shape index (κ2) is 8.35. The van der Waals surface area contributed by atoms with E-state index < -0.39 is 0 Å². The van der Waals surface area contributed by atoms with Crippen LogP contribution in [0.2, 0.25) is 12.1 Å². The number of nitrogens with zero attached hydrogens (tertiary/aromatic N) is 2. The Balaban J connectivity index is 1.95. The van der Waals surface area contributed by atoms with Gasteiger partial charge in [0.1, 0.15) is 0 Å². The highest BCUT2D eigenvalue weighted by Gasteiger charge is 2.41. The van der Waals surface area contributed by atoms with Gasteiger partial charge in [0.25, 0.3) is 0 Å². The van der Waals surface area contributed by atoms with E-state index >= 15 is 0 Å². The van der Waals surface area contributed by atoms with Crippen LogP contribution >= 0.6 is 0 Å². The third-order valence-electron chi connectivity index (χ3n) is 5.44. The highest BCUT2D eigenvalue weighted by molar-refractivity contribution is 6.35. The van der Waals surface area contributed by atoms with Crippen molar-refractivity contribution in [2.45, 2.75) is 69.6 Å². The SMILES string of the molecule is C=CC[SiH2]CCCC(CC)(N1CCCC1)N1CCCC1. The molecule has 0 atom stereocenters. The van der Waals surface area contributed by atoms with Gasteiger partial charge in [-0.1, -0.05) is 25.5 Å². The van der Waals surface area contributed by atoms with E-state index in [2.05, 4.69) is 29.4 Å². The highest BCUT2D eigenvalue weighted by atomic mass is 28.2. The Bertz CT molecular complexity index is 265. The summed E-state index contributed by atoms with van der Waals surface area (Å²) in [6.07, 6.45) is 12.0. The normalized spacial score (nSPS) is 22.2. The molecule has 2 fully saturated rings. The van der Waals surface area contributed by atoms with E-state index in [4.69, 9.17) is 0 Å². The first-order valence-corrected chi connectivity index (χ1v) is 10.9. The Morgan fingerprint density at radius 3 is 2.05 bits per heavy atom. The lowest BCUT2D eigenvalue weighted by Crippen LogP contribution is -2.58. The van der Waals surface area contributed by atoms with Gasteiger partial charge in [0.2, 0.25) is 0 Å². The van der Waals surface area contributed by atoms with E-state index in [0.717, 1.165) is 0 Å². The van der Waals surface area contributed by atoms with Crippen molar-refractivity contribution >= 4 is 9.52 Å². The van der Waals surface area contributed by atoms with E-state index in [1.54, 1.807) is 0 Å². The van der Waals surface area contributed by atoms with E-state index in [-0.39, 0.29) is 9.52 Å². The van der Waals surface area contributed by atoms with Crippen LogP contribution in [0.15, 0.2) is 12.7 Å². The first-order chi connectivity index (χ1) is 9.83. The van der Waals surface area contributed by atoms with Crippen molar-refractivity contribution in [1.29, 1.82) is 0 Å². The van der Waals surface area contributed by atoms with E-state index in [1.807, 2.05) is 0 Å². The van der Waals surface area contributed by atoms with Gasteiger partial charge in [-0.2, -0.15) is 0 Å². The van der Waals surface area contributed by atoms with Gasteiger partial charge in [-0.25, -0.2) is 0 Å². The standard InChI is InChI=1S/C17H34N2Si/c1-3-15-20-16-9-10-17(4-2,18-11-5-6-12-18)19-13-7-8-14-19/h3H,1,4-16,20H2,2H3. The summed E-state index contributed by atoms with van der Waals surface area (Å²) in [6.45, 7) is 11.7. The van der Waals surface area contributed by atoms with E-state index in [0.29, 0.717) is 5.66 Å². The zero-order valence-electron chi connectivity index (χ0n) is 13.6. The third kappa shape index (κ3) is 3.74. The Morgan fingerprint density at radius 1 is 1.05 bits per heavy atom. The average molecular weight is 295 g/mol. The molecule has 2 heterocycles. The second-order valence-electron chi connectivity index (χ2n) is 6.61. The van der Waals surface area contributed by atoms with Gasteiger partial charge in [-0.05, 0) is 70.7 Å². The fraction of sp³-hybridized carbons (Fsp3) is 0.882. The van der Waals surface area contributed by atoms with Crippen LogP contribution in [0, 0.1) is 0 Å². The van der Waals surface area contributed by atoms with E-state index in [1.165, 1.54) is 83.2 Å². The molecule has 3 heteroatoms. The molecule has 0 radical (unpaired) electrons. The lowest BCUT2D eigenvalue weighted by atomic mass is 9.96. The molecule has 116 valence electrons. The summed E-state index contributed by atoms with van der Waals surface area (Å²) in [5, 5.41) is 0. The van der Waals surface area contributed by atoms with Crippen LogP contribution < -0.4 is 0 Å². The fourth-order valence-corrected chi connectivity index (χ4v) is 5.46. The first-order valence-electron chi connectivity index (χ1n) is 8.94. The molecule has 0 amide bonds. The van der Waals surface area contributed by atoms with Crippen molar-refractivity contribution in [1.82, 2.24) is 9.80 Å².